The Morgan fingerprint density at radius 3 is 2.78 bits per heavy atom. The van der Waals surface area contributed by atoms with Gasteiger partial charge in [0, 0.05) is 6.54 Å². The van der Waals surface area contributed by atoms with Gasteiger partial charge in [-0.2, -0.15) is 0 Å². The first kappa shape index (κ1) is 13.3. The molecular weight excluding hydrogens is 232 g/mol. The molecule has 5 nitrogen and oxygen atoms in total. The number of carbonyl (C=O) groups excluding carboxylic acids is 2. The van der Waals surface area contributed by atoms with Gasteiger partial charge in [0.25, 0.3) is 0 Å². The second-order valence-corrected chi connectivity index (χ2v) is 4.94. The second kappa shape index (κ2) is 6.18. The van der Waals surface area contributed by atoms with Crippen LogP contribution in [0.5, 0.6) is 0 Å². The normalized spacial score (nSPS) is 28.2. The van der Waals surface area contributed by atoms with Crippen LogP contribution in [0.15, 0.2) is 0 Å². The Bertz CT molecular complexity index is 313. The molecule has 1 amide bonds. The number of esters is 1. The maximum Gasteiger partial charge on any atom is 0.328 e. The molecule has 2 heterocycles. The molecule has 5 heteroatoms. The van der Waals surface area contributed by atoms with E-state index in [-0.39, 0.29) is 24.0 Å². The van der Waals surface area contributed by atoms with Gasteiger partial charge in [-0.15, -0.1) is 0 Å². The van der Waals surface area contributed by atoms with Crippen LogP contribution in [0.3, 0.4) is 0 Å². The van der Waals surface area contributed by atoms with Gasteiger partial charge >= 0.3 is 5.97 Å². The maximum atomic E-state index is 12.4. The van der Waals surface area contributed by atoms with Crippen molar-refractivity contribution in [2.24, 2.45) is 0 Å². The highest BCUT2D eigenvalue weighted by atomic mass is 16.5. The lowest BCUT2D eigenvalue weighted by Crippen LogP contribution is -2.53. The summed E-state index contributed by atoms with van der Waals surface area (Å²) >= 11 is 0. The van der Waals surface area contributed by atoms with Gasteiger partial charge in [0.1, 0.15) is 6.04 Å². The number of piperidine rings is 1. The number of hydrogen-bond acceptors (Lipinski definition) is 4. The topological polar surface area (TPSA) is 58.6 Å². The van der Waals surface area contributed by atoms with E-state index in [0.717, 1.165) is 38.6 Å². The summed E-state index contributed by atoms with van der Waals surface area (Å²) in [7, 11) is 0. The van der Waals surface area contributed by atoms with Gasteiger partial charge in [0.05, 0.1) is 12.6 Å². The van der Waals surface area contributed by atoms with E-state index in [1.54, 1.807) is 11.8 Å². The summed E-state index contributed by atoms with van der Waals surface area (Å²) in [6.07, 6.45) is 4.62. The van der Waals surface area contributed by atoms with Crippen LogP contribution >= 0.6 is 0 Å². The Kier molecular flexibility index (Phi) is 4.58. The van der Waals surface area contributed by atoms with E-state index in [4.69, 9.17) is 4.74 Å². The molecule has 0 spiro atoms. The van der Waals surface area contributed by atoms with E-state index < -0.39 is 0 Å². The Morgan fingerprint density at radius 1 is 1.28 bits per heavy atom. The monoisotopic (exact) mass is 254 g/mol. The van der Waals surface area contributed by atoms with Crippen molar-refractivity contribution in [1.29, 1.82) is 0 Å². The number of likely N-dealkylation sites (tertiary alicyclic amines) is 1. The minimum absolute atomic E-state index is 0.0743. The van der Waals surface area contributed by atoms with Crippen molar-refractivity contribution in [2.75, 3.05) is 19.7 Å². The molecule has 2 aliphatic rings. The third-order valence-electron chi connectivity index (χ3n) is 3.70. The summed E-state index contributed by atoms with van der Waals surface area (Å²) in [5.74, 6) is -0.172. The van der Waals surface area contributed by atoms with Crippen molar-refractivity contribution in [3.8, 4) is 0 Å². The van der Waals surface area contributed by atoms with Crippen LogP contribution in [-0.2, 0) is 14.3 Å². The molecule has 2 fully saturated rings. The molecule has 0 saturated carbocycles. The number of nitrogens with zero attached hydrogens (tertiary/aromatic N) is 1. The molecule has 2 saturated heterocycles. The fourth-order valence-corrected chi connectivity index (χ4v) is 2.77. The predicted octanol–water partition coefficient (Wildman–Crippen LogP) is 0.683. The van der Waals surface area contributed by atoms with Crippen molar-refractivity contribution in [2.45, 2.75) is 51.1 Å². The highest BCUT2D eigenvalue weighted by Crippen LogP contribution is 2.21. The fraction of sp³-hybridized carbons (Fsp3) is 0.846. The van der Waals surface area contributed by atoms with E-state index in [1.165, 1.54) is 0 Å². The Balaban J connectivity index is 2.02. The number of rotatable bonds is 3. The smallest absolute Gasteiger partial charge is 0.328 e. The molecular formula is C13H22N2O3. The number of hydrogen-bond donors (Lipinski definition) is 1. The van der Waals surface area contributed by atoms with Crippen molar-refractivity contribution in [3.05, 3.63) is 0 Å². The van der Waals surface area contributed by atoms with Gasteiger partial charge in [0.15, 0.2) is 0 Å². The zero-order chi connectivity index (χ0) is 13.0. The molecule has 2 aliphatic heterocycles. The summed E-state index contributed by atoms with van der Waals surface area (Å²) < 4.78 is 5.07. The Morgan fingerprint density at radius 2 is 2.11 bits per heavy atom. The second-order valence-electron chi connectivity index (χ2n) is 4.94. The van der Waals surface area contributed by atoms with Crippen LogP contribution in [0.25, 0.3) is 0 Å². The van der Waals surface area contributed by atoms with Crippen LogP contribution in [0.4, 0.5) is 0 Å². The minimum Gasteiger partial charge on any atom is -0.464 e. The third-order valence-corrected chi connectivity index (χ3v) is 3.70. The predicted molar refractivity (Wildman–Crippen MR) is 67.0 cm³/mol. The van der Waals surface area contributed by atoms with Crippen molar-refractivity contribution >= 4 is 11.9 Å². The first-order valence-electron chi connectivity index (χ1n) is 6.94. The zero-order valence-electron chi connectivity index (χ0n) is 11.0. The quantitative estimate of drug-likeness (QED) is 0.753. The first-order chi connectivity index (χ1) is 8.74. The summed E-state index contributed by atoms with van der Waals surface area (Å²) in [5.41, 5.74) is 0. The molecule has 18 heavy (non-hydrogen) atoms. The van der Waals surface area contributed by atoms with Gasteiger partial charge in [-0.3, -0.25) is 4.79 Å². The maximum absolute atomic E-state index is 12.4. The van der Waals surface area contributed by atoms with Crippen molar-refractivity contribution in [1.82, 2.24) is 10.2 Å². The molecule has 0 aromatic carbocycles. The van der Waals surface area contributed by atoms with Gasteiger partial charge < -0.3 is 15.0 Å². The lowest BCUT2D eigenvalue weighted by molar-refractivity contribution is -0.157. The lowest BCUT2D eigenvalue weighted by atomic mass is 10.0. The minimum atomic E-state index is -0.367. The van der Waals surface area contributed by atoms with Crippen LogP contribution in [0.2, 0.25) is 0 Å². The van der Waals surface area contributed by atoms with Gasteiger partial charge in [-0.05, 0) is 45.6 Å². The molecule has 0 aromatic heterocycles. The first-order valence-corrected chi connectivity index (χ1v) is 6.94. The highest BCUT2D eigenvalue weighted by Gasteiger charge is 2.36. The molecule has 0 aliphatic carbocycles. The van der Waals surface area contributed by atoms with E-state index in [2.05, 4.69) is 5.32 Å². The Hall–Kier alpha value is -1.10. The average Bonchev–Trinajstić information content (AvgIpc) is 2.92. The summed E-state index contributed by atoms with van der Waals surface area (Å²) in [5, 5.41) is 3.20. The fourth-order valence-electron chi connectivity index (χ4n) is 2.77. The molecule has 0 radical (unpaired) electrons. The van der Waals surface area contributed by atoms with E-state index in [0.29, 0.717) is 13.2 Å². The van der Waals surface area contributed by atoms with Crippen LogP contribution in [0, 0.1) is 0 Å². The van der Waals surface area contributed by atoms with Crippen molar-refractivity contribution in [3.63, 3.8) is 0 Å². The number of carbonyl (C=O) groups is 2. The van der Waals surface area contributed by atoms with Crippen LogP contribution in [-0.4, -0.2) is 48.6 Å². The summed E-state index contributed by atoms with van der Waals surface area (Å²) in [4.78, 5) is 26.0. The molecule has 1 unspecified atom stereocenters. The molecule has 0 aromatic rings. The van der Waals surface area contributed by atoms with E-state index in [1.807, 2.05) is 0 Å². The van der Waals surface area contributed by atoms with E-state index in [9.17, 15) is 9.59 Å². The zero-order valence-corrected chi connectivity index (χ0v) is 11.0. The molecule has 102 valence electrons. The largest absolute Gasteiger partial charge is 0.464 e. The van der Waals surface area contributed by atoms with Crippen LogP contribution < -0.4 is 5.32 Å². The third kappa shape index (κ3) is 2.83. The SMILES string of the molecule is CCOC(=O)C1CCCCN1C(=O)[C@H]1CCCN1. The lowest BCUT2D eigenvalue weighted by Gasteiger charge is -2.35. The molecule has 0 bridgehead atoms. The van der Waals surface area contributed by atoms with Crippen LogP contribution in [0.1, 0.15) is 39.0 Å². The molecule has 1 N–H and O–H groups in total. The van der Waals surface area contributed by atoms with Gasteiger partial charge in [-0.1, -0.05) is 0 Å². The average molecular weight is 254 g/mol. The van der Waals surface area contributed by atoms with E-state index >= 15 is 0 Å². The number of amides is 1. The number of ether oxygens (including phenoxy) is 1. The Labute approximate surface area is 108 Å². The molecule has 2 atom stereocenters. The van der Waals surface area contributed by atoms with Gasteiger partial charge in [-0.25, -0.2) is 4.79 Å². The van der Waals surface area contributed by atoms with Crippen molar-refractivity contribution < 1.29 is 14.3 Å². The summed E-state index contributed by atoms with van der Waals surface area (Å²) in [6.45, 7) is 3.75. The number of nitrogens with one attached hydrogen (secondary N) is 1. The highest BCUT2D eigenvalue weighted by molar-refractivity contribution is 5.88. The standard InChI is InChI=1S/C13H22N2O3/c1-2-18-13(17)11-7-3-4-9-15(11)12(16)10-6-5-8-14-10/h10-11,14H,2-9H2,1H3/t10-,11?/m1/s1. The molecule has 2 rings (SSSR count). The summed E-state index contributed by atoms with van der Waals surface area (Å²) in [6, 6.07) is -0.464. The van der Waals surface area contributed by atoms with Gasteiger partial charge in [0.2, 0.25) is 5.91 Å².